The zero-order chi connectivity index (χ0) is 13.8. The Hall–Kier alpha value is -1.06. The third-order valence-corrected chi connectivity index (χ3v) is 4.31. The Labute approximate surface area is 120 Å². The molecule has 1 atom stereocenters. The van der Waals surface area contributed by atoms with Gasteiger partial charge in [0.2, 0.25) is 0 Å². The molecule has 0 amide bonds. The van der Waals surface area contributed by atoms with Gasteiger partial charge < -0.3 is 4.90 Å². The summed E-state index contributed by atoms with van der Waals surface area (Å²) in [4.78, 5) is 16.0. The van der Waals surface area contributed by atoms with Crippen molar-refractivity contribution in [2.24, 2.45) is 0 Å². The van der Waals surface area contributed by atoms with E-state index in [9.17, 15) is 4.79 Å². The van der Waals surface area contributed by atoms with Gasteiger partial charge in [-0.1, -0.05) is 31.5 Å². The Kier molecular flexibility index (Phi) is 4.83. The summed E-state index contributed by atoms with van der Waals surface area (Å²) in [5.41, 5.74) is 1.58. The predicted octanol–water partition coefficient (Wildman–Crippen LogP) is 3.07. The highest BCUT2D eigenvalue weighted by Crippen LogP contribution is 2.29. The Morgan fingerprint density at radius 2 is 2.16 bits per heavy atom. The Morgan fingerprint density at radius 3 is 2.79 bits per heavy atom. The van der Waals surface area contributed by atoms with Crippen LogP contribution < -0.4 is 4.90 Å². The van der Waals surface area contributed by atoms with E-state index in [4.69, 9.17) is 11.6 Å². The molecule has 1 aromatic carbocycles. The number of benzene rings is 1. The number of anilines is 1. The minimum absolute atomic E-state index is 0.541. The van der Waals surface area contributed by atoms with Gasteiger partial charge in [-0.05, 0) is 31.6 Å². The van der Waals surface area contributed by atoms with E-state index in [2.05, 4.69) is 23.6 Å². The lowest BCUT2D eigenvalue weighted by Crippen LogP contribution is -2.37. The molecule has 0 aliphatic carbocycles. The Bertz CT molecular complexity index is 446. The topological polar surface area (TPSA) is 23.6 Å². The molecule has 1 unspecified atom stereocenters. The molecule has 4 heteroatoms. The molecule has 0 aromatic heterocycles. The van der Waals surface area contributed by atoms with E-state index < -0.39 is 0 Å². The van der Waals surface area contributed by atoms with E-state index in [1.54, 1.807) is 6.07 Å². The number of hydrogen-bond acceptors (Lipinski definition) is 3. The zero-order valence-corrected chi connectivity index (χ0v) is 12.4. The molecule has 0 saturated carbocycles. The van der Waals surface area contributed by atoms with E-state index in [-0.39, 0.29) is 0 Å². The van der Waals surface area contributed by atoms with Gasteiger partial charge in [-0.2, -0.15) is 0 Å². The van der Waals surface area contributed by atoms with Crippen LogP contribution in [0.3, 0.4) is 0 Å². The lowest BCUT2D eigenvalue weighted by atomic mass is 10.2. The maximum absolute atomic E-state index is 11.2. The Morgan fingerprint density at radius 1 is 1.42 bits per heavy atom. The number of aldehydes is 1. The first kappa shape index (κ1) is 14.4. The number of halogens is 1. The summed E-state index contributed by atoms with van der Waals surface area (Å²) >= 11 is 6.09. The van der Waals surface area contributed by atoms with Crippen molar-refractivity contribution in [2.45, 2.75) is 26.3 Å². The smallest absolute Gasteiger partial charge is 0.153 e. The van der Waals surface area contributed by atoms with Gasteiger partial charge in [-0.25, -0.2) is 0 Å². The number of nitrogens with zero attached hydrogens (tertiary/aromatic N) is 2. The van der Waals surface area contributed by atoms with Crippen LogP contribution in [0.5, 0.6) is 0 Å². The molecule has 0 bridgehead atoms. The molecule has 104 valence electrons. The molecule has 19 heavy (non-hydrogen) atoms. The van der Waals surface area contributed by atoms with Gasteiger partial charge in [0.25, 0.3) is 0 Å². The number of rotatable bonds is 5. The van der Waals surface area contributed by atoms with Crippen molar-refractivity contribution >= 4 is 23.6 Å². The van der Waals surface area contributed by atoms with E-state index in [0.717, 1.165) is 44.6 Å². The SMILES string of the molecule is CCN(CC)C1CCN(c2cccc(Cl)c2C=O)C1. The minimum atomic E-state index is 0.541. The summed E-state index contributed by atoms with van der Waals surface area (Å²) in [6, 6.07) is 6.25. The molecular weight excluding hydrogens is 260 g/mol. The van der Waals surface area contributed by atoms with Gasteiger partial charge in [0, 0.05) is 24.8 Å². The van der Waals surface area contributed by atoms with Crippen molar-refractivity contribution in [3.63, 3.8) is 0 Å². The van der Waals surface area contributed by atoms with Gasteiger partial charge in [-0.3, -0.25) is 9.69 Å². The maximum Gasteiger partial charge on any atom is 0.153 e. The molecule has 2 rings (SSSR count). The Balaban J connectivity index is 2.17. The molecule has 3 nitrogen and oxygen atoms in total. The average molecular weight is 281 g/mol. The molecule has 1 aliphatic rings. The fourth-order valence-corrected chi connectivity index (χ4v) is 3.13. The molecular formula is C15H21ClN2O. The van der Waals surface area contributed by atoms with Gasteiger partial charge in [0.1, 0.15) is 0 Å². The fraction of sp³-hybridized carbons (Fsp3) is 0.533. The first-order valence-electron chi connectivity index (χ1n) is 6.93. The summed E-state index contributed by atoms with van der Waals surface area (Å²) in [6.07, 6.45) is 2.01. The molecule has 1 heterocycles. The van der Waals surface area contributed by atoms with Crippen molar-refractivity contribution in [3.8, 4) is 0 Å². The highest BCUT2D eigenvalue weighted by molar-refractivity contribution is 6.33. The first-order chi connectivity index (χ1) is 9.21. The second kappa shape index (κ2) is 6.40. The van der Waals surface area contributed by atoms with Gasteiger partial charge in [0.15, 0.2) is 6.29 Å². The van der Waals surface area contributed by atoms with Gasteiger partial charge in [0.05, 0.1) is 10.6 Å². The van der Waals surface area contributed by atoms with E-state index >= 15 is 0 Å². The lowest BCUT2D eigenvalue weighted by Gasteiger charge is -2.27. The lowest BCUT2D eigenvalue weighted by molar-refractivity contribution is 0.112. The molecule has 1 fully saturated rings. The molecule has 0 spiro atoms. The average Bonchev–Trinajstić information content (AvgIpc) is 2.89. The number of hydrogen-bond donors (Lipinski definition) is 0. The maximum atomic E-state index is 11.2. The first-order valence-corrected chi connectivity index (χ1v) is 7.31. The van der Waals surface area contributed by atoms with Crippen molar-refractivity contribution in [2.75, 3.05) is 31.1 Å². The number of carbonyl (C=O) groups is 1. The second-order valence-electron chi connectivity index (χ2n) is 4.90. The highest BCUT2D eigenvalue weighted by Gasteiger charge is 2.27. The van der Waals surface area contributed by atoms with Crippen molar-refractivity contribution in [1.82, 2.24) is 4.90 Å². The van der Waals surface area contributed by atoms with Crippen LogP contribution >= 0.6 is 11.6 Å². The van der Waals surface area contributed by atoms with Gasteiger partial charge >= 0.3 is 0 Å². The van der Waals surface area contributed by atoms with Crippen LogP contribution in [0.15, 0.2) is 18.2 Å². The molecule has 1 aromatic rings. The number of carbonyl (C=O) groups excluding carboxylic acids is 1. The summed E-state index contributed by atoms with van der Waals surface area (Å²) in [5, 5.41) is 0.541. The summed E-state index contributed by atoms with van der Waals surface area (Å²) in [7, 11) is 0. The second-order valence-corrected chi connectivity index (χ2v) is 5.31. The van der Waals surface area contributed by atoms with Gasteiger partial charge in [-0.15, -0.1) is 0 Å². The van der Waals surface area contributed by atoms with Crippen molar-refractivity contribution in [3.05, 3.63) is 28.8 Å². The molecule has 0 radical (unpaired) electrons. The third kappa shape index (κ3) is 2.93. The third-order valence-electron chi connectivity index (χ3n) is 3.98. The van der Waals surface area contributed by atoms with Crippen LogP contribution in [-0.2, 0) is 0 Å². The van der Waals surface area contributed by atoms with Crippen LogP contribution in [0.25, 0.3) is 0 Å². The standard InChI is InChI=1S/C15H21ClN2O/c1-3-17(4-2)12-8-9-18(10-12)15-7-5-6-14(16)13(15)11-19/h5-7,11-12H,3-4,8-10H2,1-2H3. The van der Waals surface area contributed by atoms with E-state index in [0.29, 0.717) is 16.6 Å². The number of likely N-dealkylation sites (N-methyl/N-ethyl adjacent to an activating group) is 1. The van der Waals surface area contributed by atoms with Crippen molar-refractivity contribution in [1.29, 1.82) is 0 Å². The quantitative estimate of drug-likeness (QED) is 0.775. The predicted molar refractivity (Wildman–Crippen MR) is 80.4 cm³/mol. The largest absolute Gasteiger partial charge is 0.369 e. The van der Waals surface area contributed by atoms with E-state index in [1.165, 1.54) is 0 Å². The van der Waals surface area contributed by atoms with E-state index in [1.807, 2.05) is 12.1 Å². The van der Waals surface area contributed by atoms with Crippen LogP contribution in [0, 0.1) is 0 Å². The summed E-state index contributed by atoms with van der Waals surface area (Å²) in [6.45, 7) is 8.51. The summed E-state index contributed by atoms with van der Waals surface area (Å²) < 4.78 is 0. The monoisotopic (exact) mass is 280 g/mol. The molecule has 1 saturated heterocycles. The van der Waals surface area contributed by atoms with Crippen LogP contribution in [0.2, 0.25) is 5.02 Å². The van der Waals surface area contributed by atoms with Crippen LogP contribution in [0.4, 0.5) is 5.69 Å². The highest BCUT2D eigenvalue weighted by atomic mass is 35.5. The fourth-order valence-electron chi connectivity index (χ4n) is 2.92. The van der Waals surface area contributed by atoms with Crippen molar-refractivity contribution < 1.29 is 4.79 Å². The molecule has 0 N–H and O–H groups in total. The zero-order valence-electron chi connectivity index (χ0n) is 11.6. The summed E-state index contributed by atoms with van der Waals surface area (Å²) in [5.74, 6) is 0. The van der Waals surface area contributed by atoms with Crippen LogP contribution in [-0.4, -0.2) is 43.4 Å². The normalized spacial score (nSPS) is 19.2. The molecule has 1 aliphatic heterocycles. The minimum Gasteiger partial charge on any atom is -0.369 e. The van der Waals surface area contributed by atoms with Crippen LogP contribution in [0.1, 0.15) is 30.6 Å².